The summed E-state index contributed by atoms with van der Waals surface area (Å²) in [7, 11) is 0. The number of hydrogen-bond donors (Lipinski definition) is 0. The van der Waals surface area contributed by atoms with Gasteiger partial charge >= 0.3 is 11.0 Å². The van der Waals surface area contributed by atoms with Crippen LogP contribution in [0, 0.1) is 10.1 Å². The highest BCUT2D eigenvalue weighted by molar-refractivity contribution is 7.17. The monoisotopic (exact) mass is 365 g/mol. The van der Waals surface area contributed by atoms with E-state index in [1.807, 2.05) is 0 Å². The second-order valence-corrected chi connectivity index (χ2v) is 5.98. The molecule has 2 aromatic heterocycles. The zero-order valence-electron chi connectivity index (χ0n) is 11.8. The molecule has 10 heteroatoms. The van der Waals surface area contributed by atoms with Gasteiger partial charge in [-0.25, -0.2) is 4.79 Å². The molecule has 1 aromatic carbocycles. The molecule has 0 fully saturated rings. The number of hydrogen-bond acceptors (Lipinski definition) is 8. The van der Waals surface area contributed by atoms with Gasteiger partial charge in [0.1, 0.15) is 4.88 Å². The van der Waals surface area contributed by atoms with Crippen LogP contribution in [0.4, 0.5) is 5.00 Å². The molecule has 0 atom stereocenters. The minimum Gasteiger partial charge on any atom is -0.451 e. The second kappa shape index (κ2) is 6.77. The maximum Gasteiger partial charge on any atom is 0.349 e. The highest BCUT2D eigenvalue weighted by Crippen LogP contribution is 2.25. The Bertz CT molecular complexity index is 890. The van der Waals surface area contributed by atoms with E-state index in [0.717, 1.165) is 11.3 Å². The number of carbonyl (C=O) groups is 1. The molecule has 3 aromatic rings. The average molecular weight is 366 g/mol. The highest BCUT2D eigenvalue weighted by Gasteiger charge is 2.17. The quantitative estimate of drug-likeness (QED) is 0.385. The predicted octanol–water partition coefficient (Wildman–Crippen LogP) is 3.72. The van der Waals surface area contributed by atoms with Crippen LogP contribution >= 0.6 is 22.9 Å². The van der Waals surface area contributed by atoms with Crippen LogP contribution in [0.5, 0.6) is 0 Å². The lowest BCUT2D eigenvalue weighted by Gasteiger charge is -1.98. The Kier molecular flexibility index (Phi) is 4.54. The minimum atomic E-state index is -0.695. The smallest absolute Gasteiger partial charge is 0.349 e. The van der Waals surface area contributed by atoms with Crippen molar-refractivity contribution in [2.75, 3.05) is 0 Å². The van der Waals surface area contributed by atoms with E-state index in [1.165, 1.54) is 12.1 Å². The highest BCUT2D eigenvalue weighted by atomic mass is 35.5. The maximum absolute atomic E-state index is 11.8. The Morgan fingerprint density at radius 3 is 2.67 bits per heavy atom. The number of thiophene rings is 1. The van der Waals surface area contributed by atoms with Crippen molar-refractivity contribution in [2.45, 2.75) is 6.61 Å². The maximum atomic E-state index is 11.8. The summed E-state index contributed by atoms with van der Waals surface area (Å²) in [6.45, 7) is -0.231. The molecule has 0 aliphatic rings. The zero-order chi connectivity index (χ0) is 17.1. The molecule has 0 aliphatic heterocycles. The number of ether oxygens (including phenoxy) is 1. The van der Waals surface area contributed by atoms with Crippen LogP contribution in [0.1, 0.15) is 15.6 Å². The summed E-state index contributed by atoms with van der Waals surface area (Å²) in [6.07, 6.45) is 0. The first-order chi connectivity index (χ1) is 11.5. The lowest BCUT2D eigenvalue weighted by Crippen LogP contribution is -2.03. The third-order valence-electron chi connectivity index (χ3n) is 2.86. The van der Waals surface area contributed by atoms with Gasteiger partial charge in [-0.05, 0) is 30.3 Å². The molecule has 0 N–H and O–H groups in total. The molecule has 3 rings (SSSR count). The Balaban J connectivity index is 1.63. The standard InChI is InChI=1S/C14H8ClN3O5S/c15-9-3-1-8(2-4-9)13-17-16-11(23-13)7-22-14(19)10-5-6-12(24-10)18(20)21/h1-6H,7H2. The molecule has 0 spiro atoms. The second-order valence-electron chi connectivity index (χ2n) is 4.48. The van der Waals surface area contributed by atoms with E-state index >= 15 is 0 Å². The summed E-state index contributed by atoms with van der Waals surface area (Å²) >= 11 is 6.54. The largest absolute Gasteiger partial charge is 0.451 e. The molecule has 24 heavy (non-hydrogen) atoms. The summed E-state index contributed by atoms with van der Waals surface area (Å²) in [4.78, 5) is 22.0. The van der Waals surface area contributed by atoms with Gasteiger partial charge < -0.3 is 9.15 Å². The van der Waals surface area contributed by atoms with Crippen molar-refractivity contribution in [3.8, 4) is 11.5 Å². The van der Waals surface area contributed by atoms with E-state index in [1.54, 1.807) is 24.3 Å². The summed E-state index contributed by atoms with van der Waals surface area (Å²) in [5, 5.41) is 18.7. The molecule has 0 amide bonds. The number of nitro groups is 1. The number of esters is 1. The molecule has 0 radical (unpaired) electrons. The van der Waals surface area contributed by atoms with E-state index in [0.29, 0.717) is 10.6 Å². The van der Waals surface area contributed by atoms with Gasteiger partial charge in [-0.15, -0.1) is 10.2 Å². The van der Waals surface area contributed by atoms with Gasteiger partial charge in [-0.3, -0.25) is 10.1 Å². The molecular formula is C14H8ClN3O5S. The molecule has 122 valence electrons. The average Bonchev–Trinajstić information content (AvgIpc) is 3.23. The van der Waals surface area contributed by atoms with Gasteiger partial charge in [0.05, 0.1) is 4.92 Å². The summed E-state index contributed by atoms with van der Waals surface area (Å²) in [5.74, 6) is -0.317. The van der Waals surface area contributed by atoms with Crippen molar-refractivity contribution in [3.63, 3.8) is 0 Å². The molecular weight excluding hydrogens is 358 g/mol. The molecule has 0 saturated carbocycles. The number of benzene rings is 1. The van der Waals surface area contributed by atoms with Gasteiger partial charge in [0, 0.05) is 16.7 Å². The summed E-state index contributed by atoms with van der Waals surface area (Å²) in [5.41, 5.74) is 0.679. The third-order valence-corrected chi connectivity index (χ3v) is 4.13. The normalized spacial score (nSPS) is 10.5. The van der Waals surface area contributed by atoms with Crippen molar-refractivity contribution >= 4 is 33.9 Å². The van der Waals surface area contributed by atoms with Crippen LogP contribution in [0.25, 0.3) is 11.5 Å². The summed E-state index contributed by atoms with van der Waals surface area (Å²) < 4.78 is 10.4. The van der Waals surface area contributed by atoms with E-state index in [-0.39, 0.29) is 28.3 Å². The van der Waals surface area contributed by atoms with Crippen LogP contribution in [0.15, 0.2) is 40.8 Å². The van der Waals surface area contributed by atoms with Gasteiger partial charge in [0.15, 0.2) is 6.61 Å². The lowest BCUT2D eigenvalue weighted by atomic mass is 10.2. The Morgan fingerprint density at radius 2 is 2.00 bits per heavy atom. The van der Waals surface area contributed by atoms with E-state index in [4.69, 9.17) is 20.8 Å². The van der Waals surface area contributed by atoms with Crippen molar-refractivity contribution in [2.24, 2.45) is 0 Å². The van der Waals surface area contributed by atoms with Crippen molar-refractivity contribution in [1.29, 1.82) is 0 Å². The van der Waals surface area contributed by atoms with E-state index in [2.05, 4.69) is 10.2 Å². The fourth-order valence-corrected chi connectivity index (χ4v) is 2.60. The predicted molar refractivity (Wildman–Crippen MR) is 84.8 cm³/mol. The Hall–Kier alpha value is -2.78. The molecule has 0 saturated heterocycles. The Labute approximate surface area is 143 Å². The van der Waals surface area contributed by atoms with Crippen LogP contribution in [0.2, 0.25) is 5.02 Å². The minimum absolute atomic E-state index is 0.111. The van der Waals surface area contributed by atoms with E-state index < -0.39 is 10.9 Å². The number of halogens is 1. The van der Waals surface area contributed by atoms with Crippen molar-refractivity contribution < 1.29 is 18.9 Å². The van der Waals surface area contributed by atoms with Gasteiger partial charge in [0.2, 0.25) is 5.89 Å². The van der Waals surface area contributed by atoms with Gasteiger partial charge in [0.25, 0.3) is 5.89 Å². The van der Waals surface area contributed by atoms with Gasteiger partial charge in [-0.1, -0.05) is 22.9 Å². The fraction of sp³-hybridized carbons (Fsp3) is 0.0714. The molecule has 0 bridgehead atoms. The number of aromatic nitrogens is 2. The lowest BCUT2D eigenvalue weighted by molar-refractivity contribution is -0.380. The zero-order valence-corrected chi connectivity index (χ0v) is 13.4. The molecule has 0 unspecified atom stereocenters. The van der Waals surface area contributed by atoms with Crippen LogP contribution in [-0.4, -0.2) is 21.1 Å². The molecule has 2 heterocycles. The topological polar surface area (TPSA) is 108 Å². The van der Waals surface area contributed by atoms with Crippen molar-refractivity contribution in [3.05, 3.63) is 62.3 Å². The van der Waals surface area contributed by atoms with Crippen LogP contribution < -0.4 is 0 Å². The number of carbonyl (C=O) groups excluding carboxylic acids is 1. The first kappa shape index (κ1) is 16.1. The Morgan fingerprint density at radius 1 is 1.25 bits per heavy atom. The van der Waals surface area contributed by atoms with Crippen molar-refractivity contribution in [1.82, 2.24) is 10.2 Å². The number of nitrogens with zero attached hydrogens (tertiary/aromatic N) is 3. The number of rotatable bonds is 5. The van der Waals surface area contributed by atoms with Gasteiger partial charge in [-0.2, -0.15) is 0 Å². The molecule has 8 nitrogen and oxygen atoms in total. The van der Waals surface area contributed by atoms with E-state index in [9.17, 15) is 14.9 Å². The first-order valence-electron chi connectivity index (χ1n) is 6.52. The SMILES string of the molecule is O=C(OCc1nnc(-c2ccc(Cl)cc2)o1)c1ccc([N+](=O)[O-])s1. The molecule has 0 aliphatic carbocycles. The summed E-state index contributed by atoms with van der Waals surface area (Å²) in [6, 6.07) is 9.38. The van der Waals surface area contributed by atoms with Crippen LogP contribution in [0.3, 0.4) is 0 Å². The fourth-order valence-electron chi connectivity index (χ4n) is 1.75. The van der Waals surface area contributed by atoms with Crippen LogP contribution in [-0.2, 0) is 11.3 Å². The third kappa shape index (κ3) is 3.58. The first-order valence-corrected chi connectivity index (χ1v) is 7.72.